The van der Waals surface area contributed by atoms with Crippen molar-refractivity contribution in [3.05, 3.63) is 28.2 Å². The SMILES string of the molecule is CCCCN(CCO)Cc1cc(Br)ccc1OC. The Balaban J connectivity index is 2.74. The van der Waals surface area contributed by atoms with Gasteiger partial charge in [0, 0.05) is 23.1 Å². The van der Waals surface area contributed by atoms with Gasteiger partial charge in [-0.2, -0.15) is 0 Å². The van der Waals surface area contributed by atoms with Gasteiger partial charge in [0.15, 0.2) is 0 Å². The molecule has 102 valence electrons. The molecule has 0 radical (unpaired) electrons. The molecule has 3 nitrogen and oxygen atoms in total. The number of hydrogen-bond acceptors (Lipinski definition) is 3. The fourth-order valence-electron chi connectivity index (χ4n) is 1.90. The highest BCUT2D eigenvalue weighted by Gasteiger charge is 2.09. The molecular weight excluding hydrogens is 294 g/mol. The Labute approximate surface area is 118 Å². The van der Waals surface area contributed by atoms with Gasteiger partial charge in [-0.25, -0.2) is 0 Å². The lowest BCUT2D eigenvalue weighted by atomic mass is 10.1. The van der Waals surface area contributed by atoms with Crippen LogP contribution in [0.25, 0.3) is 0 Å². The number of rotatable bonds is 8. The minimum atomic E-state index is 0.194. The molecule has 1 aromatic rings. The zero-order valence-corrected chi connectivity index (χ0v) is 12.7. The fourth-order valence-corrected chi connectivity index (χ4v) is 2.31. The second-order valence-electron chi connectivity index (χ2n) is 4.31. The minimum Gasteiger partial charge on any atom is -0.496 e. The van der Waals surface area contributed by atoms with E-state index in [4.69, 9.17) is 9.84 Å². The average Bonchev–Trinajstić information content (AvgIpc) is 2.36. The summed E-state index contributed by atoms with van der Waals surface area (Å²) >= 11 is 3.48. The molecule has 0 aromatic heterocycles. The summed E-state index contributed by atoms with van der Waals surface area (Å²) < 4.78 is 6.43. The number of unbranched alkanes of at least 4 members (excludes halogenated alkanes) is 1. The molecule has 0 saturated carbocycles. The van der Waals surface area contributed by atoms with Gasteiger partial charge in [0.2, 0.25) is 0 Å². The number of aliphatic hydroxyl groups excluding tert-OH is 1. The maximum atomic E-state index is 9.11. The van der Waals surface area contributed by atoms with Gasteiger partial charge < -0.3 is 9.84 Å². The number of nitrogens with zero attached hydrogens (tertiary/aromatic N) is 1. The Morgan fingerprint density at radius 2 is 2.11 bits per heavy atom. The second-order valence-corrected chi connectivity index (χ2v) is 5.23. The topological polar surface area (TPSA) is 32.7 Å². The third-order valence-electron chi connectivity index (χ3n) is 2.88. The third-order valence-corrected chi connectivity index (χ3v) is 3.37. The van der Waals surface area contributed by atoms with Gasteiger partial charge in [-0.1, -0.05) is 29.3 Å². The molecular formula is C14H22BrNO2. The standard InChI is InChI=1S/C14H22BrNO2/c1-3-4-7-16(8-9-17)11-12-10-13(15)5-6-14(12)18-2/h5-6,10,17H,3-4,7-9,11H2,1-2H3. The molecule has 0 fully saturated rings. The van der Waals surface area contributed by atoms with Crippen molar-refractivity contribution in [1.29, 1.82) is 0 Å². The lowest BCUT2D eigenvalue weighted by molar-refractivity contribution is 0.187. The molecule has 1 aromatic carbocycles. The Hall–Kier alpha value is -0.580. The summed E-state index contributed by atoms with van der Waals surface area (Å²) in [5.74, 6) is 0.901. The van der Waals surface area contributed by atoms with Gasteiger partial charge in [0.25, 0.3) is 0 Å². The van der Waals surface area contributed by atoms with Crippen molar-refractivity contribution in [3.8, 4) is 5.75 Å². The lowest BCUT2D eigenvalue weighted by Gasteiger charge is -2.22. The molecule has 0 unspecified atom stereocenters. The van der Waals surface area contributed by atoms with Crippen molar-refractivity contribution in [2.45, 2.75) is 26.3 Å². The predicted molar refractivity (Wildman–Crippen MR) is 78.0 cm³/mol. The Kier molecular flexibility index (Phi) is 7.32. The first kappa shape index (κ1) is 15.5. The van der Waals surface area contributed by atoms with Crippen LogP contribution >= 0.6 is 15.9 Å². The molecule has 0 atom stereocenters. The van der Waals surface area contributed by atoms with Gasteiger partial charge in [0.1, 0.15) is 5.75 Å². The van der Waals surface area contributed by atoms with Crippen LogP contribution in [0.3, 0.4) is 0 Å². The van der Waals surface area contributed by atoms with Crippen molar-refractivity contribution in [2.24, 2.45) is 0 Å². The average molecular weight is 316 g/mol. The first-order valence-corrected chi connectivity index (χ1v) is 7.16. The largest absolute Gasteiger partial charge is 0.496 e. The summed E-state index contributed by atoms with van der Waals surface area (Å²) in [6.45, 7) is 4.89. The van der Waals surface area contributed by atoms with Crippen molar-refractivity contribution in [2.75, 3.05) is 26.8 Å². The van der Waals surface area contributed by atoms with Crippen molar-refractivity contribution in [3.63, 3.8) is 0 Å². The Morgan fingerprint density at radius 1 is 1.33 bits per heavy atom. The normalized spacial score (nSPS) is 10.9. The minimum absolute atomic E-state index is 0.194. The molecule has 0 bridgehead atoms. The molecule has 0 saturated heterocycles. The van der Waals surface area contributed by atoms with E-state index in [1.807, 2.05) is 12.1 Å². The van der Waals surface area contributed by atoms with E-state index in [-0.39, 0.29) is 6.61 Å². The van der Waals surface area contributed by atoms with E-state index in [9.17, 15) is 0 Å². The summed E-state index contributed by atoms with van der Waals surface area (Å²) in [4.78, 5) is 2.26. The van der Waals surface area contributed by atoms with Crippen LogP contribution in [0.5, 0.6) is 5.75 Å². The van der Waals surface area contributed by atoms with Crippen LogP contribution < -0.4 is 4.74 Å². The number of methoxy groups -OCH3 is 1. The predicted octanol–water partition coefficient (Wildman–Crippen LogP) is 3.05. The van der Waals surface area contributed by atoms with Gasteiger partial charge >= 0.3 is 0 Å². The summed E-state index contributed by atoms with van der Waals surface area (Å²) in [5, 5.41) is 9.11. The summed E-state index contributed by atoms with van der Waals surface area (Å²) in [7, 11) is 1.69. The van der Waals surface area contributed by atoms with Gasteiger partial charge in [0.05, 0.1) is 13.7 Å². The molecule has 18 heavy (non-hydrogen) atoms. The van der Waals surface area contributed by atoms with E-state index in [0.717, 1.165) is 41.7 Å². The molecule has 4 heteroatoms. The quantitative estimate of drug-likeness (QED) is 0.800. The summed E-state index contributed by atoms with van der Waals surface area (Å²) in [6, 6.07) is 6.02. The zero-order valence-electron chi connectivity index (χ0n) is 11.2. The number of ether oxygens (including phenoxy) is 1. The zero-order chi connectivity index (χ0) is 13.4. The maximum Gasteiger partial charge on any atom is 0.123 e. The van der Waals surface area contributed by atoms with Gasteiger partial charge in [-0.15, -0.1) is 0 Å². The molecule has 0 aliphatic rings. The van der Waals surface area contributed by atoms with E-state index in [2.05, 4.69) is 33.8 Å². The van der Waals surface area contributed by atoms with E-state index < -0.39 is 0 Å². The lowest BCUT2D eigenvalue weighted by Crippen LogP contribution is -2.27. The smallest absolute Gasteiger partial charge is 0.123 e. The van der Waals surface area contributed by atoms with E-state index in [1.54, 1.807) is 7.11 Å². The highest BCUT2D eigenvalue weighted by Crippen LogP contribution is 2.24. The first-order valence-electron chi connectivity index (χ1n) is 6.36. The number of aliphatic hydroxyl groups is 1. The summed E-state index contributed by atoms with van der Waals surface area (Å²) in [6.07, 6.45) is 2.31. The van der Waals surface area contributed by atoms with Crippen LogP contribution in [0.15, 0.2) is 22.7 Å². The van der Waals surface area contributed by atoms with E-state index in [0.29, 0.717) is 6.54 Å². The first-order chi connectivity index (χ1) is 8.71. The summed E-state index contributed by atoms with van der Waals surface area (Å²) in [5.41, 5.74) is 1.15. The van der Waals surface area contributed by atoms with E-state index in [1.165, 1.54) is 0 Å². The molecule has 0 spiro atoms. The molecule has 1 rings (SSSR count). The van der Waals surface area contributed by atoms with Crippen LogP contribution in [0.4, 0.5) is 0 Å². The fraction of sp³-hybridized carbons (Fsp3) is 0.571. The van der Waals surface area contributed by atoms with Crippen molar-refractivity contribution >= 4 is 15.9 Å². The number of halogens is 1. The Morgan fingerprint density at radius 3 is 2.72 bits per heavy atom. The van der Waals surface area contributed by atoms with Crippen LogP contribution in [-0.2, 0) is 6.54 Å². The Bertz CT molecular complexity index is 358. The van der Waals surface area contributed by atoms with Crippen molar-refractivity contribution < 1.29 is 9.84 Å². The maximum absolute atomic E-state index is 9.11. The van der Waals surface area contributed by atoms with Crippen molar-refractivity contribution in [1.82, 2.24) is 4.90 Å². The highest BCUT2D eigenvalue weighted by atomic mass is 79.9. The molecule has 0 amide bonds. The van der Waals surface area contributed by atoms with Crippen LogP contribution in [0, 0.1) is 0 Å². The monoisotopic (exact) mass is 315 g/mol. The number of hydrogen-bond donors (Lipinski definition) is 1. The highest BCUT2D eigenvalue weighted by molar-refractivity contribution is 9.10. The molecule has 1 N–H and O–H groups in total. The molecule has 0 aliphatic carbocycles. The van der Waals surface area contributed by atoms with Crippen LogP contribution in [0.1, 0.15) is 25.3 Å². The second kappa shape index (κ2) is 8.51. The van der Waals surface area contributed by atoms with Gasteiger partial charge in [-0.3, -0.25) is 4.90 Å². The van der Waals surface area contributed by atoms with Crippen LogP contribution in [-0.4, -0.2) is 36.8 Å². The third kappa shape index (κ3) is 4.96. The van der Waals surface area contributed by atoms with E-state index >= 15 is 0 Å². The van der Waals surface area contributed by atoms with Crippen LogP contribution in [0.2, 0.25) is 0 Å². The number of benzene rings is 1. The van der Waals surface area contributed by atoms with Gasteiger partial charge in [-0.05, 0) is 31.2 Å². The molecule has 0 aliphatic heterocycles. The molecule has 0 heterocycles.